The zero-order valence-corrected chi connectivity index (χ0v) is 17.1. The Kier molecular flexibility index (Phi) is 6.57. The molecule has 3 atom stereocenters. The second-order valence-electron chi connectivity index (χ2n) is 7.60. The van der Waals surface area contributed by atoms with Gasteiger partial charge in [0.2, 0.25) is 11.8 Å². The van der Waals surface area contributed by atoms with Crippen LogP contribution in [0.4, 0.5) is 9.18 Å². The van der Waals surface area contributed by atoms with Gasteiger partial charge in [-0.2, -0.15) is 0 Å². The van der Waals surface area contributed by atoms with Crippen LogP contribution in [0.3, 0.4) is 0 Å². The van der Waals surface area contributed by atoms with Crippen molar-refractivity contribution in [3.8, 4) is 0 Å². The molecule has 0 bridgehead atoms. The van der Waals surface area contributed by atoms with Crippen LogP contribution in [0.5, 0.6) is 0 Å². The number of carbonyl (C=O) groups excluding carboxylic acids is 4. The lowest BCUT2D eigenvalue weighted by Gasteiger charge is -2.23. The second-order valence-corrected chi connectivity index (χ2v) is 7.60. The van der Waals surface area contributed by atoms with E-state index in [0.717, 1.165) is 6.08 Å². The van der Waals surface area contributed by atoms with Crippen molar-refractivity contribution in [1.82, 2.24) is 9.80 Å². The lowest BCUT2D eigenvalue weighted by molar-refractivity contribution is -0.147. The minimum absolute atomic E-state index is 0.0184. The number of benzene rings is 1. The van der Waals surface area contributed by atoms with E-state index in [-0.39, 0.29) is 38.3 Å². The normalized spacial score (nSPS) is 20.7. The van der Waals surface area contributed by atoms with Gasteiger partial charge in [0.05, 0.1) is 19.5 Å². The molecule has 1 unspecified atom stereocenters. The fourth-order valence-corrected chi connectivity index (χ4v) is 3.81. The first kappa shape index (κ1) is 22.3. The predicted molar refractivity (Wildman–Crippen MR) is 106 cm³/mol. The van der Waals surface area contributed by atoms with Gasteiger partial charge in [0.25, 0.3) is 0 Å². The molecule has 3 amide bonds. The number of carbonyl (C=O) groups is 4. The monoisotopic (exact) mass is 433 g/mol. The molecule has 0 aromatic heterocycles. The Hall–Kier alpha value is -3.43. The summed E-state index contributed by atoms with van der Waals surface area (Å²) >= 11 is 0. The number of primary amides is 1. The van der Waals surface area contributed by atoms with Crippen LogP contribution >= 0.6 is 0 Å². The minimum atomic E-state index is -0.944. The summed E-state index contributed by atoms with van der Waals surface area (Å²) in [5.41, 5.74) is 6.58. The molecule has 1 fully saturated rings. The van der Waals surface area contributed by atoms with Crippen LogP contribution in [-0.2, 0) is 36.9 Å². The fraction of sp³-hybridized carbons (Fsp3) is 0.429. The molecule has 0 saturated carbocycles. The summed E-state index contributed by atoms with van der Waals surface area (Å²) in [4.78, 5) is 50.9. The van der Waals surface area contributed by atoms with Gasteiger partial charge in [-0.05, 0) is 18.6 Å². The average Bonchev–Trinajstić information content (AvgIpc) is 3.33. The molecule has 10 heteroatoms. The van der Waals surface area contributed by atoms with E-state index >= 15 is 0 Å². The predicted octanol–water partition coefficient (Wildman–Crippen LogP) is 1.24. The smallest absolute Gasteiger partial charge is 0.410 e. The van der Waals surface area contributed by atoms with Gasteiger partial charge >= 0.3 is 12.1 Å². The zero-order chi connectivity index (χ0) is 22.7. The third-order valence-electron chi connectivity index (χ3n) is 5.31. The van der Waals surface area contributed by atoms with Crippen molar-refractivity contribution in [2.75, 3.05) is 6.54 Å². The van der Waals surface area contributed by atoms with Gasteiger partial charge in [0, 0.05) is 24.6 Å². The molecule has 1 aromatic carbocycles. The number of rotatable bonds is 6. The van der Waals surface area contributed by atoms with Crippen LogP contribution in [0, 0.1) is 5.82 Å². The molecular formula is C21H24FN3O6. The Labute approximate surface area is 178 Å². The number of likely N-dealkylation sites (tertiary alicyclic amines) is 1. The molecule has 2 heterocycles. The number of ether oxygens (including phenoxy) is 2. The van der Waals surface area contributed by atoms with Crippen LogP contribution in [-0.4, -0.2) is 58.5 Å². The first-order chi connectivity index (χ1) is 14.7. The Bertz CT molecular complexity index is 920. The highest BCUT2D eigenvalue weighted by atomic mass is 19.1. The molecule has 1 aromatic rings. The molecule has 166 valence electrons. The fourth-order valence-electron chi connectivity index (χ4n) is 3.81. The van der Waals surface area contributed by atoms with E-state index in [1.807, 2.05) is 0 Å². The summed E-state index contributed by atoms with van der Waals surface area (Å²) in [6, 6.07) is 3.71. The van der Waals surface area contributed by atoms with Crippen molar-refractivity contribution in [3.63, 3.8) is 0 Å². The number of nitrogens with zero attached hydrogens (tertiary/aromatic N) is 2. The molecule has 9 nitrogen and oxygen atoms in total. The van der Waals surface area contributed by atoms with Crippen molar-refractivity contribution >= 4 is 23.9 Å². The van der Waals surface area contributed by atoms with Crippen LogP contribution in [0.15, 0.2) is 30.9 Å². The number of nitrogens with two attached hydrogens (primary N) is 1. The first-order valence-electron chi connectivity index (χ1n) is 9.83. The highest BCUT2D eigenvalue weighted by molar-refractivity contribution is 5.88. The van der Waals surface area contributed by atoms with Gasteiger partial charge in [0.15, 0.2) is 0 Å². The number of esters is 1. The third kappa shape index (κ3) is 5.01. The maximum absolute atomic E-state index is 13.9. The van der Waals surface area contributed by atoms with Crippen molar-refractivity contribution in [3.05, 3.63) is 47.8 Å². The van der Waals surface area contributed by atoms with Crippen LogP contribution in [0.25, 0.3) is 0 Å². The van der Waals surface area contributed by atoms with Gasteiger partial charge in [-0.1, -0.05) is 18.7 Å². The molecule has 2 aliphatic rings. The highest BCUT2D eigenvalue weighted by Gasteiger charge is 2.41. The van der Waals surface area contributed by atoms with Crippen molar-refractivity contribution < 1.29 is 33.0 Å². The van der Waals surface area contributed by atoms with Crippen molar-refractivity contribution in [1.29, 1.82) is 0 Å². The van der Waals surface area contributed by atoms with Crippen LogP contribution in [0.2, 0.25) is 0 Å². The van der Waals surface area contributed by atoms with Crippen molar-refractivity contribution in [2.24, 2.45) is 5.73 Å². The first-order valence-corrected chi connectivity index (χ1v) is 9.83. The Morgan fingerprint density at radius 2 is 2.06 bits per heavy atom. The van der Waals surface area contributed by atoms with Gasteiger partial charge in [-0.15, -0.1) is 0 Å². The summed E-state index contributed by atoms with van der Waals surface area (Å²) in [7, 11) is 0. The Morgan fingerprint density at radius 3 is 2.71 bits per heavy atom. The highest BCUT2D eigenvalue weighted by Crippen LogP contribution is 2.27. The van der Waals surface area contributed by atoms with Crippen molar-refractivity contribution in [2.45, 2.75) is 51.1 Å². The van der Waals surface area contributed by atoms with Crippen LogP contribution < -0.4 is 5.73 Å². The third-order valence-corrected chi connectivity index (χ3v) is 5.31. The summed E-state index contributed by atoms with van der Waals surface area (Å²) in [5, 5.41) is 0. The largest absolute Gasteiger partial charge is 0.459 e. The van der Waals surface area contributed by atoms with E-state index in [1.165, 1.54) is 22.8 Å². The molecule has 2 aliphatic heterocycles. The summed E-state index contributed by atoms with van der Waals surface area (Å²) < 4.78 is 24.4. The minimum Gasteiger partial charge on any atom is -0.459 e. The van der Waals surface area contributed by atoms with Gasteiger partial charge in [-0.25, -0.2) is 14.0 Å². The summed E-state index contributed by atoms with van der Waals surface area (Å²) in [5.74, 6) is -2.23. The molecule has 3 rings (SSSR count). The van der Waals surface area contributed by atoms with E-state index in [2.05, 4.69) is 6.58 Å². The number of fused-ring (bicyclic) bond motifs is 1. The SMILES string of the molecule is C=CC(=O)O[C@H](C)CC(=O)N1C[C@H](OC(=O)N2Cc3cccc(F)c3C2)CC1C(N)=O. The van der Waals surface area contributed by atoms with Gasteiger partial charge in [0.1, 0.15) is 24.1 Å². The van der Waals surface area contributed by atoms with E-state index in [1.54, 1.807) is 12.1 Å². The summed E-state index contributed by atoms with van der Waals surface area (Å²) in [6.45, 7) is 5.11. The topological polar surface area (TPSA) is 119 Å². The van der Waals surface area contributed by atoms with Gasteiger partial charge < -0.3 is 20.1 Å². The molecule has 0 spiro atoms. The second kappa shape index (κ2) is 9.15. The zero-order valence-electron chi connectivity index (χ0n) is 17.1. The molecule has 0 radical (unpaired) electrons. The number of hydrogen-bond acceptors (Lipinski definition) is 6. The maximum Gasteiger partial charge on any atom is 0.410 e. The Morgan fingerprint density at radius 1 is 1.32 bits per heavy atom. The van der Waals surface area contributed by atoms with E-state index in [4.69, 9.17) is 15.2 Å². The molecular weight excluding hydrogens is 409 g/mol. The molecule has 31 heavy (non-hydrogen) atoms. The standard InChI is InChI=1S/C21H24FN3O6/c1-3-19(27)30-12(2)7-18(26)25-10-14(8-17(25)20(23)28)31-21(29)24-9-13-5-4-6-16(22)15(13)11-24/h3-6,12,14,17H,1,7-11H2,2H3,(H2,23,28)/t12-,14-,17?/m1/s1. The lowest BCUT2D eigenvalue weighted by Crippen LogP contribution is -2.44. The molecule has 2 N–H and O–H groups in total. The Balaban J connectivity index is 1.59. The number of hydrogen-bond donors (Lipinski definition) is 1. The molecule has 0 aliphatic carbocycles. The summed E-state index contributed by atoms with van der Waals surface area (Å²) in [6.07, 6.45) is -1.25. The number of amides is 3. The molecule has 1 saturated heterocycles. The van der Waals surface area contributed by atoms with Gasteiger partial charge in [-0.3, -0.25) is 14.5 Å². The lowest BCUT2D eigenvalue weighted by atomic mass is 10.1. The van der Waals surface area contributed by atoms with E-state index in [9.17, 15) is 23.6 Å². The number of halogens is 1. The average molecular weight is 433 g/mol. The van der Waals surface area contributed by atoms with E-state index < -0.39 is 42.1 Å². The quantitative estimate of drug-likeness (QED) is 0.533. The maximum atomic E-state index is 13.9. The van der Waals surface area contributed by atoms with Crippen LogP contribution in [0.1, 0.15) is 30.9 Å². The van der Waals surface area contributed by atoms with E-state index in [0.29, 0.717) is 11.1 Å².